The van der Waals surface area contributed by atoms with Crippen LogP contribution >= 0.6 is 11.3 Å². The predicted octanol–water partition coefficient (Wildman–Crippen LogP) is 2.85. The highest BCUT2D eigenvalue weighted by atomic mass is 32.1. The van der Waals surface area contributed by atoms with E-state index in [9.17, 15) is 9.90 Å². The van der Waals surface area contributed by atoms with Crippen molar-refractivity contribution in [2.24, 2.45) is 0 Å². The standard InChI is InChI=1S/C12H12O2S/c1-12(2,14)11(13)9-5-3-4-8-6-7-15-10(8)9/h3-7,14H,1-2H3. The normalized spacial score (nSPS) is 11.9. The average Bonchev–Trinajstić information content (AvgIpc) is 2.62. The van der Waals surface area contributed by atoms with Crippen LogP contribution in [0, 0.1) is 0 Å². The third kappa shape index (κ3) is 1.80. The number of benzene rings is 1. The van der Waals surface area contributed by atoms with Crippen molar-refractivity contribution in [2.45, 2.75) is 19.4 Å². The zero-order valence-electron chi connectivity index (χ0n) is 8.65. The van der Waals surface area contributed by atoms with E-state index in [0.29, 0.717) is 5.56 Å². The number of thiophene rings is 1. The lowest BCUT2D eigenvalue weighted by molar-refractivity contribution is 0.0490. The van der Waals surface area contributed by atoms with Gasteiger partial charge in [-0.2, -0.15) is 0 Å². The number of rotatable bonds is 2. The zero-order chi connectivity index (χ0) is 11.1. The zero-order valence-corrected chi connectivity index (χ0v) is 9.47. The second-order valence-electron chi connectivity index (χ2n) is 4.03. The maximum atomic E-state index is 11.9. The van der Waals surface area contributed by atoms with E-state index in [0.717, 1.165) is 10.1 Å². The number of carbonyl (C=O) groups is 1. The van der Waals surface area contributed by atoms with E-state index in [4.69, 9.17) is 0 Å². The molecule has 0 aliphatic heterocycles. The molecular formula is C12H12O2S. The van der Waals surface area contributed by atoms with Crippen LogP contribution in [-0.4, -0.2) is 16.5 Å². The lowest BCUT2D eigenvalue weighted by Gasteiger charge is -2.15. The molecule has 0 atom stereocenters. The highest BCUT2D eigenvalue weighted by Gasteiger charge is 2.26. The topological polar surface area (TPSA) is 37.3 Å². The summed E-state index contributed by atoms with van der Waals surface area (Å²) < 4.78 is 0.949. The molecule has 0 amide bonds. The van der Waals surface area contributed by atoms with Gasteiger partial charge in [0.1, 0.15) is 5.60 Å². The van der Waals surface area contributed by atoms with Crippen LogP contribution in [0.25, 0.3) is 10.1 Å². The number of ketones is 1. The molecule has 0 unspecified atom stereocenters. The summed E-state index contributed by atoms with van der Waals surface area (Å²) in [5, 5.41) is 12.7. The fourth-order valence-corrected chi connectivity index (χ4v) is 2.41. The molecule has 0 saturated heterocycles. The van der Waals surface area contributed by atoms with Crippen molar-refractivity contribution in [1.82, 2.24) is 0 Å². The van der Waals surface area contributed by atoms with Gasteiger partial charge in [0.05, 0.1) is 0 Å². The number of hydrogen-bond acceptors (Lipinski definition) is 3. The van der Waals surface area contributed by atoms with Crippen LogP contribution in [0.15, 0.2) is 29.6 Å². The van der Waals surface area contributed by atoms with Gasteiger partial charge in [0.25, 0.3) is 0 Å². The summed E-state index contributed by atoms with van der Waals surface area (Å²) in [5.41, 5.74) is -0.701. The maximum absolute atomic E-state index is 11.9. The minimum absolute atomic E-state index is 0.226. The first-order valence-electron chi connectivity index (χ1n) is 4.73. The van der Waals surface area contributed by atoms with Crippen molar-refractivity contribution in [3.05, 3.63) is 35.2 Å². The molecule has 0 radical (unpaired) electrons. The molecule has 0 aliphatic carbocycles. The monoisotopic (exact) mass is 220 g/mol. The van der Waals surface area contributed by atoms with Gasteiger partial charge in [-0.3, -0.25) is 4.79 Å². The van der Waals surface area contributed by atoms with Crippen LogP contribution in [-0.2, 0) is 0 Å². The van der Waals surface area contributed by atoms with Crippen molar-refractivity contribution in [3.8, 4) is 0 Å². The summed E-state index contributed by atoms with van der Waals surface area (Å²) in [6, 6.07) is 7.54. The van der Waals surface area contributed by atoms with Gasteiger partial charge in [-0.15, -0.1) is 11.3 Å². The van der Waals surface area contributed by atoms with Gasteiger partial charge in [0.15, 0.2) is 5.78 Å². The number of aliphatic hydroxyl groups is 1. The van der Waals surface area contributed by atoms with Crippen LogP contribution < -0.4 is 0 Å². The summed E-state index contributed by atoms with van der Waals surface area (Å²) in [7, 11) is 0. The maximum Gasteiger partial charge on any atom is 0.195 e. The molecule has 1 aromatic carbocycles. The second-order valence-corrected chi connectivity index (χ2v) is 4.95. The van der Waals surface area contributed by atoms with Gasteiger partial charge in [-0.1, -0.05) is 12.1 Å². The van der Waals surface area contributed by atoms with E-state index in [1.165, 1.54) is 25.2 Å². The van der Waals surface area contributed by atoms with Gasteiger partial charge in [0, 0.05) is 10.3 Å². The Labute approximate surface area is 92.2 Å². The van der Waals surface area contributed by atoms with Crippen LogP contribution in [0.2, 0.25) is 0 Å². The largest absolute Gasteiger partial charge is 0.382 e. The molecule has 2 nitrogen and oxygen atoms in total. The molecule has 78 valence electrons. The molecule has 15 heavy (non-hydrogen) atoms. The van der Waals surface area contributed by atoms with E-state index >= 15 is 0 Å². The molecule has 1 heterocycles. The highest BCUT2D eigenvalue weighted by molar-refractivity contribution is 7.17. The van der Waals surface area contributed by atoms with E-state index in [2.05, 4.69) is 0 Å². The van der Waals surface area contributed by atoms with Crippen LogP contribution in [0.5, 0.6) is 0 Å². The summed E-state index contributed by atoms with van der Waals surface area (Å²) in [6.45, 7) is 3.03. The lowest BCUT2D eigenvalue weighted by Crippen LogP contribution is -2.31. The Bertz CT molecular complexity index is 506. The minimum Gasteiger partial charge on any atom is -0.382 e. The number of fused-ring (bicyclic) bond motifs is 1. The number of hydrogen-bond donors (Lipinski definition) is 1. The SMILES string of the molecule is CC(C)(O)C(=O)c1cccc2ccsc12. The van der Waals surface area contributed by atoms with Gasteiger partial charge in [-0.25, -0.2) is 0 Å². The Hall–Kier alpha value is -1.19. The summed E-state index contributed by atoms with van der Waals surface area (Å²) >= 11 is 1.53. The van der Waals surface area contributed by atoms with Crippen molar-refractivity contribution in [2.75, 3.05) is 0 Å². The number of Topliss-reactive ketones (excluding diaryl/α,β-unsaturated/α-hetero) is 1. The molecule has 3 heteroatoms. The molecule has 0 fully saturated rings. The summed E-state index contributed by atoms with van der Waals surface area (Å²) in [5.74, 6) is -0.226. The molecule has 0 spiro atoms. The van der Waals surface area contributed by atoms with Crippen molar-refractivity contribution >= 4 is 27.2 Å². The first kappa shape index (κ1) is 10.3. The Kier molecular flexibility index (Phi) is 2.37. The van der Waals surface area contributed by atoms with E-state index in [1.54, 1.807) is 6.07 Å². The molecule has 0 aliphatic rings. The average molecular weight is 220 g/mol. The van der Waals surface area contributed by atoms with Gasteiger partial charge in [-0.05, 0) is 36.7 Å². The van der Waals surface area contributed by atoms with E-state index < -0.39 is 5.60 Å². The highest BCUT2D eigenvalue weighted by Crippen LogP contribution is 2.27. The molecule has 1 aromatic heterocycles. The van der Waals surface area contributed by atoms with Gasteiger partial charge in [0.2, 0.25) is 0 Å². The Morgan fingerprint density at radius 2 is 2.07 bits per heavy atom. The molecule has 2 rings (SSSR count). The fraction of sp³-hybridized carbons (Fsp3) is 0.250. The summed E-state index contributed by atoms with van der Waals surface area (Å²) in [4.78, 5) is 11.9. The van der Waals surface area contributed by atoms with Crippen molar-refractivity contribution in [1.29, 1.82) is 0 Å². The van der Waals surface area contributed by atoms with E-state index in [1.807, 2.05) is 23.6 Å². The molecule has 0 bridgehead atoms. The lowest BCUT2D eigenvalue weighted by atomic mass is 9.96. The molecular weight excluding hydrogens is 208 g/mol. The molecule has 1 N–H and O–H groups in total. The van der Waals surface area contributed by atoms with Crippen LogP contribution in [0.3, 0.4) is 0 Å². The Morgan fingerprint density at radius 3 is 2.73 bits per heavy atom. The first-order chi connectivity index (χ1) is 7.00. The molecule has 2 aromatic rings. The quantitative estimate of drug-likeness (QED) is 0.790. The third-order valence-electron chi connectivity index (χ3n) is 2.28. The van der Waals surface area contributed by atoms with Crippen molar-refractivity contribution in [3.63, 3.8) is 0 Å². The second kappa shape index (κ2) is 3.43. The van der Waals surface area contributed by atoms with Gasteiger partial charge >= 0.3 is 0 Å². The Morgan fingerprint density at radius 1 is 1.33 bits per heavy atom. The van der Waals surface area contributed by atoms with Crippen molar-refractivity contribution < 1.29 is 9.90 Å². The molecule has 0 saturated carbocycles. The van der Waals surface area contributed by atoms with Gasteiger partial charge < -0.3 is 5.11 Å². The van der Waals surface area contributed by atoms with Crippen LogP contribution in [0.1, 0.15) is 24.2 Å². The third-order valence-corrected chi connectivity index (χ3v) is 3.24. The number of carbonyl (C=O) groups excluding carboxylic acids is 1. The van der Waals surface area contributed by atoms with Crippen LogP contribution in [0.4, 0.5) is 0 Å². The fourth-order valence-electron chi connectivity index (χ4n) is 1.50. The minimum atomic E-state index is -1.31. The predicted molar refractivity (Wildman–Crippen MR) is 62.5 cm³/mol. The van der Waals surface area contributed by atoms with E-state index in [-0.39, 0.29) is 5.78 Å². The first-order valence-corrected chi connectivity index (χ1v) is 5.61. The smallest absolute Gasteiger partial charge is 0.195 e. The Balaban J connectivity index is 2.62. The summed E-state index contributed by atoms with van der Waals surface area (Å²) in [6.07, 6.45) is 0.